The predicted molar refractivity (Wildman–Crippen MR) is 112 cm³/mol. The molecular formula is C23H20FN3O5. The third-order valence-corrected chi connectivity index (χ3v) is 4.70. The molecule has 1 aliphatic heterocycles. The van der Waals surface area contributed by atoms with E-state index in [4.69, 9.17) is 14.4 Å². The first-order valence-corrected chi connectivity index (χ1v) is 9.83. The van der Waals surface area contributed by atoms with Gasteiger partial charge in [-0.15, -0.1) is 5.23 Å². The number of aldehydes is 1. The van der Waals surface area contributed by atoms with E-state index < -0.39 is 11.4 Å². The largest absolute Gasteiger partial charge is 0.508 e. The standard InChI is InChI=1S/C23H20FN3O5/c1-3-30-27-21(20(23(2,14-28)32-27)15-7-9-16(24)10-8-15)19-11-12-25-22(26-19)31-18-6-4-5-17(29)13-18/h4-14,29H,3H2,1-2H3. The van der Waals surface area contributed by atoms with Gasteiger partial charge >= 0.3 is 6.01 Å². The van der Waals surface area contributed by atoms with E-state index in [1.54, 1.807) is 44.2 Å². The Hall–Kier alpha value is -3.82. The zero-order chi connectivity index (χ0) is 22.7. The molecule has 0 aliphatic carbocycles. The van der Waals surface area contributed by atoms with Crippen molar-refractivity contribution in [2.75, 3.05) is 6.61 Å². The van der Waals surface area contributed by atoms with Crippen LogP contribution in [0.3, 0.4) is 0 Å². The summed E-state index contributed by atoms with van der Waals surface area (Å²) in [6.07, 6.45) is 2.13. The number of halogens is 1. The number of ether oxygens (including phenoxy) is 1. The lowest BCUT2D eigenvalue weighted by Crippen LogP contribution is -2.32. The lowest BCUT2D eigenvalue weighted by atomic mass is 9.89. The Morgan fingerprint density at radius 1 is 1.22 bits per heavy atom. The molecule has 1 unspecified atom stereocenters. The summed E-state index contributed by atoms with van der Waals surface area (Å²) >= 11 is 0. The van der Waals surface area contributed by atoms with Crippen molar-refractivity contribution in [1.82, 2.24) is 15.2 Å². The maximum atomic E-state index is 13.5. The molecule has 0 radical (unpaired) electrons. The van der Waals surface area contributed by atoms with Crippen molar-refractivity contribution in [2.24, 2.45) is 0 Å². The highest BCUT2D eigenvalue weighted by molar-refractivity contribution is 6.01. The van der Waals surface area contributed by atoms with Crippen molar-refractivity contribution in [3.8, 4) is 17.5 Å². The number of aromatic hydroxyl groups is 1. The van der Waals surface area contributed by atoms with Crippen molar-refractivity contribution >= 4 is 17.6 Å². The Morgan fingerprint density at radius 2 is 2.00 bits per heavy atom. The van der Waals surface area contributed by atoms with Crippen molar-refractivity contribution in [3.63, 3.8) is 0 Å². The zero-order valence-corrected chi connectivity index (χ0v) is 17.4. The molecule has 2 heterocycles. The summed E-state index contributed by atoms with van der Waals surface area (Å²) in [6, 6.07) is 13.5. The van der Waals surface area contributed by atoms with Crippen molar-refractivity contribution in [3.05, 3.63) is 77.9 Å². The zero-order valence-electron chi connectivity index (χ0n) is 17.4. The van der Waals surface area contributed by atoms with Crippen LogP contribution in [0.5, 0.6) is 17.5 Å². The molecule has 0 spiro atoms. The maximum absolute atomic E-state index is 13.5. The van der Waals surface area contributed by atoms with Crippen LogP contribution < -0.4 is 4.74 Å². The summed E-state index contributed by atoms with van der Waals surface area (Å²) in [5.41, 5.74) is 0.319. The molecule has 1 aliphatic rings. The number of carbonyl (C=O) groups excluding carboxylic acids is 1. The molecule has 0 fully saturated rings. The first-order valence-electron chi connectivity index (χ1n) is 9.83. The first-order chi connectivity index (χ1) is 15.4. The molecule has 1 aromatic heterocycles. The van der Waals surface area contributed by atoms with Crippen LogP contribution in [0.25, 0.3) is 11.3 Å². The minimum Gasteiger partial charge on any atom is -0.508 e. The van der Waals surface area contributed by atoms with Gasteiger partial charge in [-0.1, -0.05) is 18.2 Å². The van der Waals surface area contributed by atoms with E-state index in [2.05, 4.69) is 9.97 Å². The fourth-order valence-corrected chi connectivity index (χ4v) is 3.31. The van der Waals surface area contributed by atoms with Crippen LogP contribution in [-0.2, 0) is 14.5 Å². The number of carbonyl (C=O) groups is 1. The number of hydroxylamine groups is 2. The Labute approximate surface area is 183 Å². The van der Waals surface area contributed by atoms with Crippen LogP contribution >= 0.6 is 0 Å². The highest BCUT2D eigenvalue weighted by atomic mass is 19.1. The first kappa shape index (κ1) is 21.4. The predicted octanol–water partition coefficient (Wildman–Crippen LogP) is 4.14. The number of phenolic OH excluding ortho intramolecular Hbond substituents is 1. The number of nitrogens with zero attached hydrogens (tertiary/aromatic N) is 3. The van der Waals surface area contributed by atoms with Gasteiger partial charge < -0.3 is 9.84 Å². The highest BCUT2D eigenvalue weighted by Crippen LogP contribution is 2.44. The third-order valence-electron chi connectivity index (χ3n) is 4.70. The molecule has 1 N–H and O–H groups in total. The van der Waals surface area contributed by atoms with Gasteiger partial charge in [-0.05, 0) is 49.7 Å². The highest BCUT2D eigenvalue weighted by Gasteiger charge is 2.46. The molecule has 32 heavy (non-hydrogen) atoms. The Morgan fingerprint density at radius 3 is 2.69 bits per heavy atom. The number of rotatable bonds is 7. The van der Waals surface area contributed by atoms with E-state index in [0.29, 0.717) is 34.6 Å². The molecular weight excluding hydrogens is 417 g/mol. The Balaban J connectivity index is 1.84. The van der Waals surface area contributed by atoms with Gasteiger partial charge in [-0.3, -0.25) is 4.79 Å². The van der Waals surface area contributed by atoms with Crippen LogP contribution in [0.1, 0.15) is 25.1 Å². The van der Waals surface area contributed by atoms with Crippen molar-refractivity contribution < 1.29 is 28.7 Å². The topological polar surface area (TPSA) is 94.0 Å². The molecule has 1 atom stereocenters. The van der Waals surface area contributed by atoms with E-state index in [-0.39, 0.29) is 18.4 Å². The number of benzene rings is 2. The summed E-state index contributed by atoms with van der Waals surface area (Å²) in [5.74, 6) is -0.0292. The van der Waals surface area contributed by atoms with E-state index >= 15 is 0 Å². The minimum absolute atomic E-state index is 0.00945. The smallest absolute Gasteiger partial charge is 0.322 e. The lowest BCUT2D eigenvalue weighted by molar-refractivity contribution is -0.336. The fourth-order valence-electron chi connectivity index (χ4n) is 3.31. The summed E-state index contributed by atoms with van der Waals surface area (Å²) < 4.78 is 19.2. The number of phenols is 1. The molecule has 4 rings (SSSR count). The maximum Gasteiger partial charge on any atom is 0.322 e. The minimum atomic E-state index is -1.40. The van der Waals surface area contributed by atoms with E-state index in [1.165, 1.54) is 30.5 Å². The quantitative estimate of drug-likeness (QED) is 0.552. The molecule has 0 amide bonds. The van der Waals surface area contributed by atoms with Gasteiger partial charge in [0.15, 0.2) is 11.9 Å². The van der Waals surface area contributed by atoms with Crippen molar-refractivity contribution in [1.29, 1.82) is 0 Å². The summed E-state index contributed by atoms with van der Waals surface area (Å²) in [7, 11) is 0. The molecule has 0 saturated heterocycles. The van der Waals surface area contributed by atoms with E-state index in [1.807, 2.05) is 0 Å². The summed E-state index contributed by atoms with van der Waals surface area (Å²) in [4.78, 5) is 32.0. The number of aromatic nitrogens is 2. The molecule has 3 aromatic rings. The lowest BCUT2D eigenvalue weighted by Gasteiger charge is -2.22. The summed E-state index contributed by atoms with van der Waals surface area (Å²) in [5, 5.41) is 10.8. The Bertz CT molecular complexity index is 1170. The Kier molecular flexibility index (Phi) is 5.85. The molecule has 164 valence electrons. The van der Waals surface area contributed by atoms with Gasteiger partial charge in [0.2, 0.25) is 0 Å². The third kappa shape index (κ3) is 4.16. The van der Waals surface area contributed by atoms with Gasteiger partial charge in [0.1, 0.15) is 23.0 Å². The number of hydrogen-bond acceptors (Lipinski definition) is 8. The molecule has 0 bridgehead atoms. The second-order valence-electron chi connectivity index (χ2n) is 7.05. The van der Waals surface area contributed by atoms with Crippen molar-refractivity contribution in [2.45, 2.75) is 19.4 Å². The molecule has 8 nitrogen and oxygen atoms in total. The van der Waals surface area contributed by atoms with Crippen LogP contribution in [0.2, 0.25) is 0 Å². The molecule has 0 saturated carbocycles. The second kappa shape index (κ2) is 8.74. The van der Waals surface area contributed by atoms with Gasteiger partial charge in [-0.2, -0.15) is 4.98 Å². The summed E-state index contributed by atoms with van der Waals surface area (Å²) in [6.45, 7) is 3.61. The van der Waals surface area contributed by atoms with Gasteiger partial charge in [0.05, 0.1) is 12.3 Å². The second-order valence-corrected chi connectivity index (χ2v) is 7.05. The normalized spacial score (nSPS) is 18.2. The van der Waals surface area contributed by atoms with Crippen LogP contribution in [-0.4, -0.2) is 38.8 Å². The van der Waals surface area contributed by atoms with Gasteiger partial charge in [0, 0.05) is 17.8 Å². The van der Waals surface area contributed by atoms with Gasteiger partial charge in [-0.25, -0.2) is 19.0 Å². The van der Waals surface area contributed by atoms with Crippen LogP contribution in [0, 0.1) is 5.82 Å². The van der Waals surface area contributed by atoms with E-state index in [9.17, 15) is 14.3 Å². The monoisotopic (exact) mass is 437 g/mol. The SMILES string of the molecule is CCON1OC(C)(C=O)C(c2ccc(F)cc2)=C1c1ccnc(Oc2cccc(O)c2)n1. The number of hydrogen-bond donors (Lipinski definition) is 1. The average Bonchev–Trinajstić information content (AvgIpc) is 3.07. The molecule has 9 heteroatoms. The fraction of sp³-hybridized carbons (Fsp3) is 0.174. The van der Waals surface area contributed by atoms with Crippen LogP contribution in [0.15, 0.2) is 60.8 Å². The molecule has 2 aromatic carbocycles. The average molecular weight is 437 g/mol. The van der Waals surface area contributed by atoms with Gasteiger partial charge in [0.25, 0.3) is 0 Å². The van der Waals surface area contributed by atoms with Crippen LogP contribution in [0.4, 0.5) is 4.39 Å². The van der Waals surface area contributed by atoms with E-state index in [0.717, 1.165) is 5.23 Å².